The number of nitriles is 1. The summed E-state index contributed by atoms with van der Waals surface area (Å²) >= 11 is 0. The highest BCUT2D eigenvalue weighted by Crippen LogP contribution is 2.37. The molecule has 194 valence electrons. The zero-order valence-electron chi connectivity index (χ0n) is 23.6. The van der Waals surface area contributed by atoms with Gasteiger partial charge < -0.3 is 20.7 Å². The van der Waals surface area contributed by atoms with Gasteiger partial charge in [0.1, 0.15) is 11.8 Å². The molecule has 0 unspecified atom stereocenters. The van der Waals surface area contributed by atoms with Gasteiger partial charge >= 0.3 is 0 Å². The monoisotopic (exact) mass is 524 g/mol. The zero-order valence-corrected chi connectivity index (χ0v) is 20.6. The Morgan fingerprint density at radius 2 is 1.87 bits per heavy atom. The molecule has 2 amide bonds. The molecule has 3 heterocycles. The molecule has 3 N–H and O–H groups in total. The molecule has 4 aromatic rings. The normalized spacial score (nSPS) is 13.7. The van der Waals surface area contributed by atoms with Crippen molar-refractivity contribution in [1.82, 2.24) is 30.5 Å². The Morgan fingerprint density at radius 3 is 2.59 bits per heavy atom. The third-order valence-electron chi connectivity index (χ3n) is 5.93. The molecule has 1 aromatic carbocycles. The number of benzene rings is 1. The lowest BCUT2D eigenvalue weighted by Crippen LogP contribution is -2.22. The number of nitrogens with one attached hydrogen (secondary N) is 3. The van der Waals surface area contributed by atoms with Gasteiger partial charge in [-0.1, -0.05) is 6.07 Å². The van der Waals surface area contributed by atoms with Crippen molar-refractivity contribution < 1.29 is 18.4 Å². The van der Waals surface area contributed by atoms with E-state index in [-0.39, 0.29) is 34.7 Å². The Kier molecular flexibility index (Phi) is 6.04. The molecule has 3 aromatic heterocycles. The SMILES string of the molecule is [2H]C([2H])([2H])NC(=O)c1nnc(NC(=O)C2CC2)cc1Nc1cccc(-c2ncc(-c3cccnc3C#N)cn2)c1OC. The van der Waals surface area contributed by atoms with Crippen molar-refractivity contribution in [2.75, 3.05) is 24.7 Å². The van der Waals surface area contributed by atoms with Crippen molar-refractivity contribution >= 4 is 29.0 Å². The van der Waals surface area contributed by atoms with E-state index in [1.807, 2.05) is 11.4 Å². The molecule has 39 heavy (non-hydrogen) atoms. The predicted molar refractivity (Wildman–Crippen MR) is 142 cm³/mol. The molecule has 1 aliphatic carbocycles. The van der Waals surface area contributed by atoms with Gasteiger partial charge in [0.15, 0.2) is 23.1 Å². The molecule has 1 aliphatic rings. The van der Waals surface area contributed by atoms with Crippen molar-refractivity contribution in [3.05, 3.63) is 66.4 Å². The number of rotatable bonds is 8. The van der Waals surface area contributed by atoms with E-state index >= 15 is 0 Å². The van der Waals surface area contributed by atoms with Gasteiger partial charge in [-0.25, -0.2) is 15.0 Å². The Bertz CT molecular complexity index is 1700. The fourth-order valence-corrected chi connectivity index (χ4v) is 3.86. The molecule has 1 fully saturated rings. The topological polar surface area (TPSA) is 168 Å². The number of anilines is 3. The van der Waals surface area contributed by atoms with E-state index in [1.54, 1.807) is 42.7 Å². The number of hydrogen-bond acceptors (Lipinski definition) is 10. The first kappa shape index (κ1) is 21.6. The lowest BCUT2D eigenvalue weighted by Gasteiger charge is -2.16. The molecule has 5 rings (SSSR count). The molecular weight excluding hydrogens is 498 g/mol. The Balaban J connectivity index is 1.49. The number of carbonyl (C=O) groups is 2. The third kappa shape index (κ3) is 5.33. The van der Waals surface area contributed by atoms with Crippen molar-refractivity contribution in [3.8, 4) is 34.3 Å². The largest absolute Gasteiger partial charge is 0.494 e. The van der Waals surface area contributed by atoms with Crippen LogP contribution in [0.3, 0.4) is 0 Å². The highest BCUT2D eigenvalue weighted by atomic mass is 16.5. The number of hydrogen-bond donors (Lipinski definition) is 3. The van der Waals surface area contributed by atoms with Crippen LogP contribution < -0.4 is 20.7 Å². The smallest absolute Gasteiger partial charge is 0.273 e. The van der Waals surface area contributed by atoms with Crippen molar-refractivity contribution in [2.24, 2.45) is 5.92 Å². The Morgan fingerprint density at radius 1 is 1.08 bits per heavy atom. The Labute approximate surface area is 227 Å². The highest BCUT2D eigenvalue weighted by molar-refractivity contribution is 6.00. The van der Waals surface area contributed by atoms with Crippen LogP contribution in [0.2, 0.25) is 0 Å². The molecule has 1 saturated carbocycles. The first-order chi connectivity index (χ1) is 20.2. The van der Waals surface area contributed by atoms with Crippen LogP contribution >= 0.6 is 0 Å². The molecule has 12 nitrogen and oxygen atoms in total. The van der Waals surface area contributed by atoms with Gasteiger partial charge in [-0.15, -0.1) is 10.2 Å². The summed E-state index contributed by atoms with van der Waals surface area (Å²) < 4.78 is 27.9. The maximum atomic E-state index is 12.8. The fraction of sp³-hybridized carbons (Fsp3) is 0.185. The number of pyridine rings is 1. The van der Waals surface area contributed by atoms with Gasteiger partial charge in [-0.3, -0.25) is 9.59 Å². The number of carbonyl (C=O) groups excluding carboxylic acids is 2. The lowest BCUT2D eigenvalue weighted by molar-refractivity contribution is -0.117. The van der Waals surface area contributed by atoms with Crippen LogP contribution in [0.4, 0.5) is 17.2 Å². The van der Waals surface area contributed by atoms with Crippen molar-refractivity contribution in [1.29, 1.82) is 5.26 Å². The van der Waals surface area contributed by atoms with Gasteiger partial charge in [-0.05, 0) is 37.1 Å². The minimum atomic E-state index is -2.76. The van der Waals surface area contributed by atoms with E-state index in [2.05, 4.69) is 35.8 Å². The predicted octanol–water partition coefficient (Wildman–Crippen LogP) is 3.33. The number of para-hydroxylation sites is 1. The van der Waals surface area contributed by atoms with Crippen molar-refractivity contribution in [3.63, 3.8) is 0 Å². The van der Waals surface area contributed by atoms with E-state index in [0.717, 1.165) is 12.8 Å². The summed E-state index contributed by atoms with van der Waals surface area (Å²) in [5.41, 5.74) is 2.07. The average molecular weight is 525 g/mol. The molecular formula is C27H23N9O3. The maximum absolute atomic E-state index is 12.8. The summed E-state index contributed by atoms with van der Waals surface area (Å²) in [7, 11) is 1.45. The standard InChI is InChI=1S/C27H23N9O3/c1-29-27(38)23-20(11-22(35-36-23)34-26(37)15-8-9-15)33-19-7-3-5-18(24(19)39-2)25-31-13-16(14-32-25)17-6-4-10-30-21(17)12-28/h3-7,10-11,13-15H,8-9H2,1-2H3,(H,29,38)(H2,33,34,35,37)/i1D3. The number of methoxy groups -OCH3 is 1. The molecule has 0 bridgehead atoms. The van der Waals surface area contributed by atoms with Gasteiger partial charge in [0, 0.05) is 52.8 Å². The molecule has 0 spiro atoms. The second kappa shape index (κ2) is 10.9. The molecule has 0 atom stereocenters. The molecule has 12 heteroatoms. The van der Waals surface area contributed by atoms with Crippen LogP contribution in [0.25, 0.3) is 22.5 Å². The van der Waals surface area contributed by atoms with Crippen LogP contribution in [0.15, 0.2) is 55.0 Å². The summed E-state index contributed by atoms with van der Waals surface area (Å²) in [5.74, 6) is -0.607. The minimum absolute atomic E-state index is 0.0742. The van der Waals surface area contributed by atoms with E-state index in [4.69, 9.17) is 8.85 Å². The van der Waals surface area contributed by atoms with E-state index in [9.17, 15) is 14.9 Å². The van der Waals surface area contributed by atoms with E-state index in [1.165, 1.54) is 19.4 Å². The quantitative estimate of drug-likeness (QED) is 0.311. The number of amides is 2. The first-order valence-corrected chi connectivity index (χ1v) is 11.8. The number of ether oxygens (including phenoxy) is 1. The minimum Gasteiger partial charge on any atom is -0.494 e. The lowest BCUT2D eigenvalue weighted by atomic mass is 10.1. The van der Waals surface area contributed by atoms with Crippen LogP contribution in [0, 0.1) is 17.2 Å². The van der Waals surface area contributed by atoms with Crippen molar-refractivity contribution in [2.45, 2.75) is 12.8 Å². The van der Waals surface area contributed by atoms with Gasteiger partial charge in [0.2, 0.25) is 5.91 Å². The summed E-state index contributed by atoms with van der Waals surface area (Å²) in [5, 5.41) is 24.8. The first-order valence-electron chi connectivity index (χ1n) is 13.3. The van der Waals surface area contributed by atoms with Gasteiger partial charge in [-0.2, -0.15) is 5.26 Å². The van der Waals surface area contributed by atoms with Crippen LogP contribution in [-0.4, -0.2) is 51.0 Å². The average Bonchev–Trinajstić information content (AvgIpc) is 3.82. The summed E-state index contributed by atoms with van der Waals surface area (Å²) in [4.78, 5) is 38.1. The number of aromatic nitrogens is 5. The number of nitrogens with zero attached hydrogens (tertiary/aromatic N) is 6. The maximum Gasteiger partial charge on any atom is 0.273 e. The van der Waals surface area contributed by atoms with Crippen LogP contribution in [0.1, 0.15) is 33.1 Å². The van der Waals surface area contributed by atoms with Gasteiger partial charge in [0.25, 0.3) is 5.91 Å². The van der Waals surface area contributed by atoms with Gasteiger partial charge in [0.05, 0.1) is 24.0 Å². The molecule has 0 saturated heterocycles. The van der Waals surface area contributed by atoms with E-state index < -0.39 is 12.9 Å². The molecule has 0 aliphatic heterocycles. The zero-order chi connectivity index (χ0) is 29.9. The second-order valence-electron chi connectivity index (χ2n) is 8.53. The Hall–Kier alpha value is -5.44. The fourth-order valence-electron chi connectivity index (χ4n) is 3.86. The molecule has 0 radical (unpaired) electrons. The summed E-state index contributed by atoms with van der Waals surface area (Å²) in [6, 6.07) is 12.0. The second-order valence-corrected chi connectivity index (χ2v) is 8.53. The van der Waals surface area contributed by atoms with E-state index in [0.29, 0.717) is 34.0 Å². The summed E-state index contributed by atoms with van der Waals surface area (Å²) in [6.07, 6.45) is 6.22. The highest BCUT2D eigenvalue weighted by Gasteiger charge is 2.30. The third-order valence-corrected chi connectivity index (χ3v) is 5.93. The van der Waals surface area contributed by atoms with Crippen LogP contribution in [0.5, 0.6) is 5.75 Å². The van der Waals surface area contributed by atoms with Crippen LogP contribution in [-0.2, 0) is 4.79 Å². The summed E-state index contributed by atoms with van der Waals surface area (Å²) in [6.45, 7) is -2.76.